The maximum absolute atomic E-state index is 12.8. The first-order valence-electron chi connectivity index (χ1n) is 9.32. The lowest BCUT2D eigenvalue weighted by molar-refractivity contribution is -0.129. The van der Waals surface area contributed by atoms with Gasteiger partial charge in [-0.1, -0.05) is 18.5 Å². The first kappa shape index (κ1) is 21.5. The molecule has 9 nitrogen and oxygen atoms in total. The SMILES string of the molecule is CC1(C(=O)NS(=O)(=O)c2ccc(Cl)s2)CCN(c2nc3c(cc2C#N)C(=O)OC3)CC1. The average molecular weight is 481 g/mol. The highest BCUT2D eigenvalue weighted by atomic mass is 35.5. The number of sulfonamides is 1. The smallest absolute Gasteiger partial charge is 0.340 e. The van der Waals surface area contributed by atoms with E-state index in [1.165, 1.54) is 18.2 Å². The highest BCUT2D eigenvalue weighted by Gasteiger charge is 2.40. The minimum atomic E-state index is -3.99. The predicted octanol–water partition coefficient (Wildman–Crippen LogP) is 2.45. The highest BCUT2D eigenvalue weighted by molar-refractivity contribution is 7.92. The van der Waals surface area contributed by atoms with Crippen molar-refractivity contribution in [2.45, 2.75) is 30.6 Å². The summed E-state index contributed by atoms with van der Waals surface area (Å²) in [5, 5.41) is 9.49. The molecule has 0 saturated carbocycles. The summed E-state index contributed by atoms with van der Waals surface area (Å²) in [5.41, 5.74) is 0.113. The number of rotatable bonds is 4. The summed E-state index contributed by atoms with van der Waals surface area (Å²) in [7, 11) is -3.99. The molecule has 12 heteroatoms. The Balaban J connectivity index is 1.49. The van der Waals surface area contributed by atoms with Crippen LogP contribution in [0, 0.1) is 16.7 Å². The molecule has 162 valence electrons. The first-order valence-corrected chi connectivity index (χ1v) is 12.0. The minimum Gasteiger partial charge on any atom is -0.455 e. The predicted molar refractivity (Wildman–Crippen MR) is 112 cm³/mol. The van der Waals surface area contributed by atoms with E-state index in [0.29, 0.717) is 47.3 Å². The fourth-order valence-electron chi connectivity index (χ4n) is 3.54. The Kier molecular flexibility index (Phi) is 5.41. The molecule has 0 spiro atoms. The molecule has 1 N–H and O–H groups in total. The third kappa shape index (κ3) is 3.98. The molecule has 1 amide bonds. The quantitative estimate of drug-likeness (QED) is 0.660. The first-order chi connectivity index (χ1) is 14.6. The van der Waals surface area contributed by atoms with Crippen molar-refractivity contribution in [2.24, 2.45) is 5.41 Å². The van der Waals surface area contributed by atoms with Gasteiger partial charge in [0.05, 0.1) is 26.6 Å². The normalized spacial score (nSPS) is 17.6. The molecule has 0 radical (unpaired) electrons. The van der Waals surface area contributed by atoms with Gasteiger partial charge in [-0.05, 0) is 31.0 Å². The number of nitrogens with zero attached hydrogens (tertiary/aromatic N) is 3. The second-order valence-electron chi connectivity index (χ2n) is 7.58. The Bertz CT molecular complexity index is 1230. The van der Waals surface area contributed by atoms with Crippen LogP contribution in [0.4, 0.5) is 5.82 Å². The summed E-state index contributed by atoms with van der Waals surface area (Å²) in [5.74, 6) is -0.650. The number of fused-ring (bicyclic) bond motifs is 1. The second-order valence-corrected chi connectivity index (χ2v) is 11.2. The van der Waals surface area contributed by atoms with Gasteiger partial charge in [0, 0.05) is 13.1 Å². The minimum absolute atomic E-state index is 0.0235. The molecule has 31 heavy (non-hydrogen) atoms. The Labute approximate surface area is 187 Å². The molecule has 1 saturated heterocycles. The topological polar surface area (TPSA) is 129 Å². The summed E-state index contributed by atoms with van der Waals surface area (Å²) in [4.78, 5) is 30.8. The van der Waals surface area contributed by atoms with E-state index in [1.54, 1.807) is 6.92 Å². The van der Waals surface area contributed by atoms with Crippen LogP contribution in [-0.4, -0.2) is 38.4 Å². The van der Waals surface area contributed by atoms with Gasteiger partial charge in [-0.2, -0.15) is 5.26 Å². The summed E-state index contributed by atoms with van der Waals surface area (Å²) < 4.78 is 32.4. The summed E-state index contributed by atoms with van der Waals surface area (Å²) >= 11 is 6.68. The Morgan fingerprint density at radius 2 is 2.10 bits per heavy atom. The van der Waals surface area contributed by atoms with Crippen LogP contribution in [0.15, 0.2) is 22.4 Å². The maximum atomic E-state index is 12.8. The van der Waals surface area contributed by atoms with Crippen molar-refractivity contribution in [1.29, 1.82) is 5.26 Å². The third-order valence-corrected chi connectivity index (χ3v) is 8.57. The number of ether oxygens (including phenoxy) is 1. The molecule has 2 aliphatic heterocycles. The molecule has 2 aromatic rings. The molecular formula is C19H17ClN4O5S2. The number of hydrogen-bond acceptors (Lipinski definition) is 9. The number of pyridine rings is 1. The zero-order chi connectivity index (χ0) is 22.4. The number of anilines is 1. The molecular weight excluding hydrogens is 464 g/mol. The van der Waals surface area contributed by atoms with Crippen molar-refractivity contribution in [3.63, 3.8) is 0 Å². The van der Waals surface area contributed by atoms with Crippen LogP contribution in [0.2, 0.25) is 4.34 Å². The van der Waals surface area contributed by atoms with Crippen molar-refractivity contribution in [1.82, 2.24) is 9.71 Å². The van der Waals surface area contributed by atoms with E-state index in [-0.39, 0.29) is 16.4 Å². The third-order valence-electron chi connectivity index (χ3n) is 5.52. The fraction of sp³-hybridized carbons (Fsp3) is 0.368. The number of thiophene rings is 1. The van der Waals surface area contributed by atoms with Gasteiger partial charge in [-0.15, -0.1) is 11.3 Å². The molecule has 0 aliphatic carbocycles. The molecule has 4 heterocycles. The van der Waals surface area contributed by atoms with E-state index in [4.69, 9.17) is 16.3 Å². The van der Waals surface area contributed by atoms with Crippen molar-refractivity contribution < 1.29 is 22.7 Å². The van der Waals surface area contributed by atoms with Crippen LogP contribution in [0.5, 0.6) is 0 Å². The zero-order valence-electron chi connectivity index (χ0n) is 16.3. The van der Waals surface area contributed by atoms with Gasteiger partial charge in [-0.3, -0.25) is 4.79 Å². The number of amides is 1. The molecule has 0 unspecified atom stereocenters. The van der Waals surface area contributed by atoms with E-state index >= 15 is 0 Å². The maximum Gasteiger partial charge on any atom is 0.340 e. The van der Waals surface area contributed by atoms with E-state index in [2.05, 4.69) is 15.8 Å². The van der Waals surface area contributed by atoms with Crippen molar-refractivity contribution in [3.05, 3.63) is 39.4 Å². The number of nitrogens with one attached hydrogen (secondary N) is 1. The number of piperidine rings is 1. The van der Waals surface area contributed by atoms with E-state index in [9.17, 15) is 23.3 Å². The van der Waals surface area contributed by atoms with Crippen LogP contribution >= 0.6 is 22.9 Å². The van der Waals surface area contributed by atoms with E-state index < -0.39 is 27.3 Å². The van der Waals surface area contributed by atoms with Crippen LogP contribution < -0.4 is 9.62 Å². The number of hydrogen-bond donors (Lipinski definition) is 1. The molecule has 0 bridgehead atoms. The van der Waals surface area contributed by atoms with Crippen molar-refractivity contribution in [3.8, 4) is 6.07 Å². The van der Waals surface area contributed by atoms with Gasteiger partial charge in [0.15, 0.2) is 0 Å². The number of aromatic nitrogens is 1. The fourth-order valence-corrected chi connectivity index (χ4v) is 6.12. The summed E-state index contributed by atoms with van der Waals surface area (Å²) in [6.45, 7) is 2.56. The molecule has 2 aromatic heterocycles. The molecule has 0 aromatic carbocycles. The standard InChI is InChI=1S/C19H17ClN4O5S2/c1-19(18(26)23-31(27,28)15-3-2-14(20)30-15)4-6-24(7-5-19)16-11(9-21)8-12-13(22-16)10-29-17(12)25/h2-3,8H,4-7,10H2,1H3,(H,23,26). The number of nitriles is 1. The van der Waals surface area contributed by atoms with Crippen molar-refractivity contribution in [2.75, 3.05) is 18.0 Å². The molecule has 2 aliphatic rings. The molecule has 4 rings (SSSR count). The van der Waals surface area contributed by atoms with Gasteiger partial charge >= 0.3 is 5.97 Å². The van der Waals surface area contributed by atoms with Gasteiger partial charge in [0.1, 0.15) is 22.7 Å². The molecule has 1 fully saturated rings. The average Bonchev–Trinajstić information content (AvgIpc) is 3.33. The van der Waals surface area contributed by atoms with Crippen LogP contribution in [-0.2, 0) is 26.2 Å². The summed E-state index contributed by atoms with van der Waals surface area (Å²) in [6, 6.07) is 6.35. The number of cyclic esters (lactones) is 1. The number of halogens is 1. The lowest BCUT2D eigenvalue weighted by atomic mass is 9.79. The molecule has 0 atom stereocenters. The summed E-state index contributed by atoms with van der Waals surface area (Å²) in [6.07, 6.45) is 0.719. The van der Waals surface area contributed by atoms with Crippen molar-refractivity contribution >= 4 is 50.7 Å². The highest BCUT2D eigenvalue weighted by Crippen LogP contribution is 2.35. The Morgan fingerprint density at radius 3 is 2.71 bits per heavy atom. The van der Waals surface area contributed by atoms with Gasteiger partial charge in [0.25, 0.3) is 10.0 Å². The lowest BCUT2D eigenvalue weighted by Crippen LogP contribution is -2.49. The van der Waals surface area contributed by atoms with E-state index in [0.717, 1.165) is 11.3 Å². The Morgan fingerprint density at radius 1 is 1.39 bits per heavy atom. The number of carbonyl (C=O) groups is 2. The van der Waals surface area contributed by atoms with Gasteiger partial charge in [-0.25, -0.2) is 22.9 Å². The number of carbonyl (C=O) groups excluding carboxylic acids is 2. The zero-order valence-corrected chi connectivity index (χ0v) is 18.7. The van der Waals surface area contributed by atoms with Crippen LogP contribution in [0.25, 0.3) is 0 Å². The van der Waals surface area contributed by atoms with Crippen LogP contribution in [0.1, 0.15) is 41.4 Å². The van der Waals surface area contributed by atoms with Gasteiger partial charge < -0.3 is 9.64 Å². The van der Waals surface area contributed by atoms with E-state index in [1.807, 2.05) is 4.90 Å². The lowest BCUT2D eigenvalue weighted by Gasteiger charge is -2.38. The Hall–Kier alpha value is -2.68. The van der Waals surface area contributed by atoms with Crippen LogP contribution in [0.3, 0.4) is 0 Å². The monoisotopic (exact) mass is 480 g/mol. The largest absolute Gasteiger partial charge is 0.455 e. The van der Waals surface area contributed by atoms with Gasteiger partial charge in [0.2, 0.25) is 5.91 Å². The number of esters is 1. The second kappa shape index (κ2) is 7.78.